The van der Waals surface area contributed by atoms with E-state index in [2.05, 4.69) is 26.3 Å². The van der Waals surface area contributed by atoms with Crippen LogP contribution in [0, 0.1) is 0 Å². The molecule has 2 aromatic heterocycles. The number of anilines is 1. The van der Waals surface area contributed by atoms with Crippen LogP contribution in [0.5, 0.6) is 0 Å². The van der Waals surface area contributed by atoms with Gasteiger partial charge in [-0.1, -0.05) is 0 Å². The smallest absolute Gasteiger partial charge is 0.270 e. The number of carbonyl (C=O) groups excluding carboxylic acids is 1. The fraction of sp³-hybridized carbons (Fsp3) is 0.529. The Morgan fingerprint density at radius 3 is 2.96 bits per heavy atom. The van der Waals surface area contributed by atoms with Gasteiger partial charge < -0.3 is 16.0 Å². The van der Waals surface area contributed by atoms with Crippen molar-refractivity contribution < 1.29 is 4.79 Å². The second-order valence-corrected chi connectivity index (χ2v) is 7.91. The summed E-state index contributed by atoms with van der Waals surface area (Å²) in [5.74, 6) is -0.0465. The minimum atomic E-state index is -0.0465. The van der Waals surface area contributed by atoms with Crippen molar-refractivity contribution in [2.45, 2.75) is 56.3 Å². The van der Waals surface area contributed by atoms with Gasteiger partial charge in [0, 0.05) is 41.1 Å². The highest BCUT2D eigenvalue weighted by atomic mass is 32.1. The van der Waals surface area contributed by atoms with E-state index < -0.39 is 0 Å². The van der Waals surface area contributed by atoms with E-state index in [0.717, 1.165) is 22.2 Å². The van der Waals surface area contributed by atoms with Crippen LogP contribution < -0.4 is 16.0 Å². The molecular weight excluding hydrogens is 308 g/mol. The van der Waals surface area contributed by atoms with Gasteiger partial charge in [-0.15, -0.1) is 11.3 Å². The molecule has 3 atom stereocenters. The van der Waals surface area contributed by atoms with E-state index in [-0.39, 0.29) is 11.9 Å². The Labute approximate surface area is 138 Å². The molecule has 2 saturated heterocycles. The lowest BCUT2D eigenvalue weighted by molar-refractivity contribution is 0.0926. The first kappa shape index (κ1) is 13.7. The molecule has 3 N–H and O–H groups in total. The summed E-state index contributed by atoms with van der Waals surface area (Å²) in [5, 5.41) is 13.5. The van der Waals surface area contributed by atoms with Gasteiger partial charge in [-0.25, -0.2) is 4.98 Å². The third-order valence-corrected chi connectivity index (χ3v) is 6.18. The maximum Gasteiger partial charge on any atom is 0.270 e. The number of aromatic nitrogens is 1. The summed E-state index contributed by atoms with van der Waals surface area (Å²) in [6.07, 6.45) is 7.77. The maximum atomic E-state index is 12.6. The van der Waals surface area contributed by atoms with Gasteiger partial charge in [-0.2, -0.15) is 0 Å². The molecule has 1 aliphatic carbocycles. The first-order chi connectivity index (χ1) is 11.3. The molecule has 2 aromatic rings. The Balaban J connectivity index is 1.37. The SMILES string of the molecule is O=C(N[C@@H]1C[C@H]2CC[C@@H]1N2)c1cc2c(NC3CC3)csc2cn1. The highest BCUT2D eigenvalue weighted by Gasteiger charge is 2.39. The molecule has 4 heterocycles. The molecule has 1 amide bonds. The van der Waals surface area contributed by atoms with E-state index in [1.807, 2.05) is 12.3 Å². The van der Waals surface area contributed by atoms with E-state index in [1.165, 1.54) is 25.7 Å². The number of rotatable bonds is 4. The topological polar surface area (TPSA) is 66.1 Å². The maximum absolute atomic E-state index is 12.6. The van der Waals surface area contributed by atoms with Crippen LogP contribution in [0.1, 0.15) is 42.6 Å². The lowest BCUT2D eigenvalue weighted by Crippen LogP contribution is -2.43. The summed E-state index contributed by atoms with van der Waals surface area (Å²) < 4.78 is 1.13. The number of amides is 1. The molecule has 0 unspecified atom stereocenters. The van der Waals surface area contributed by atoms with Crippen molar-refractivity contribution in [3.8, 4) is 0 Å². The van der Waals surface area contributed by atoms with Gasteiger partial charge in [0.15, 0.2) is 0 Å². The van der Waals surface area contributed by atoms with Crippen LogP contribution in [0.3, 0.4) is 0 Å². The number of hydrogen-bond acceptors (Lipinski definition) is 5. The Morgan fingerprint density at radius 1 is 1.30 bits per heavy atom. The summed E-state index contributed by atoms with van der Waals surface area (Å²) in [5.41, 5.74) is 1.67. The molecule has 5 nitrogen and oxygen atoms in total. The molecule has 2 aliphatic heterocycles. The van der Waals surface area contributed by atoms with Gasteiger partial charge in [0.2, 0.25) is 0 Å². The number of hydrogen-bond donors (Lipinski definition) is 3. The minimum Gasteiger partial charge on any atom is -0.381 e. The first-order valence-electron chi connectivity index (χ1n) is 8.47. The average molecular weight is 328 g/mol. The largest absolute Gasteiger partial charge is 0.381 e. The van der Waals surface area contributed by atoms with Crippen molar-refractivity contribution >= 4 is 33.0 Å². The highest BCUT2D eigenvalue weighted by Crippen LogP contribution is 2.34. The van der Waals surface area contributed by atoms with Crippen LogP contribution in [-0.2, 0) is 0 Å². The number of carbonyl (C=O) groups is 1. The van der Waals surface area contributed by atoms with Crippen LogP contribution in [-0.4, -0.2) is 35.1 Å². The van der Waals surface area contributed by atoms with Crippen LogP contribution in [0.25, 0.3) is 10.1 Å². The van der Waals surface area contributed by atoms with E-state index >= 15 is 0 Å². The molecular formula is C17H20N4OS. The molecule has 0 spiro atoms. The standard InChI is InChI=1S/C17H20N4OS/c22-17(21-13-5-10-3-4-12(13)20-10)14-6-11-15(19-9-1-2-9)8-23-16(11)7-18-14/h6-10,12-13,19-20H,1-5H2,(H,21,22)/t10-,12+,13-/m1/s1. The number of nitrogens with one attached hydrogen (secondary N) is 3. The molecule has 23 heavy (non-hydrogen) atoms. The summed E-state index contributed by atoms with van der Waals surface area (Å²) in [6.45, 7) is 0. The lowest BCUT2D eigenvalue weighted by Gasteiger charge is -2.21. The minimum absolute atomic E-state index is 0.0465. The van der Waals surface area contributed by atoms with E-state index in [1.54, 1.807) is 11.3 Å². The number of pyridine rings is 1. The van der Waals surface area contributed by atoms with E-state index in [9.17, 15) is 4.79 Å². The third-order valence-electron chi connectivity index (χ3n) is 5.25. The van der Waals surface area contributed by atoms with Gasteiger partial charge in [0.25, 0.3) is 5.91 Å². The molecule has 6 heteroatoms. The molecule has 3 aliphatic rings. The molecule has 0 aromatic carbocycles. The van der Waals surface area contributed by atoms with Crippen LogP contribution in [0.4, 0.5) is 5.69 Å². The van der Waals surface area contributed by atoms with Crippen molar-refractivity contribution in [3.05, 3.63) is 23.3 Å². The van der Waals surface area contributed by atoms with Gasteiger partial charge >= 0.3 is 0 Å². The van der Waals surface area contributed by atoms with Gasteiger partial charge in [-0.3, -0.25) is 4.79 Å². The Hall–Kier alpha value is -1.66. The highest BCUT2D eigenvalue weighted by molar-refractivity contribution is 7.17. The van der Waals surface area contributed by atoms with Crippen molar-refractivity contribution in [2.75, 3.05) is 5.32 Å². The molecule has 1 saturated carbocycles. The van der Waals surface area contributed by atoms with Crippen LogP contribution in [0.15, 0.2) is 17.6 Å². The van der Waals surface area contributed by atoms with Crippen molar-refractivity contribution in [1.82, 2.24) is 15.6 Å². The second-order valence-electron chi connectivity index (χ2n) is 7.00. The second kappa shape index (κ2) is 5.18. The monoisotopic (exact) mass is 328 g/mol. The zero-order valence-corrected chi connectivity index (χ0v) is 13.7. The van der Waals surface area contributed by atoms with E-state index in [4.69, 9.17) is 0 Å². The summed E-state index contributed by atoms with van der Waals surface area (Å²) in [7, 11) is 0. The lowest BCUT2D eigenvalue weighted by atomic mass is 9.95. The predicted octanol–water partition coefficient (Wildman–Crippen LogP) is 2.49. The van der Waals surface area contributed by atoms with Crippen molar-refractivity contribution in [3.63, 3.8) is 0 Å². The number of nitrogens with zero attached hydrogens (tertiary/aromatic N) is 1. The van der Waals surface area contributed by atoms with Crippen LogP contribution >= 0.6 is 11.3 Å². The molecule has 0 radical (unpaired) electrons. The van der Waals surface area contributed by atoms with Gasteiger partial charge in [-0.05, 0) is 38.2 Å². The van der Waals surface area contributed by atoms with Gasteiger partial charge in [0.05, 0.1) is 10.4 Å². The average Bonchev–Trinajstić information content (AvgIpc) is 2.96. The summed E-state index contributed by atoms with van der Waals surface area (Å²) in [4.78, 5) is 16.9. The molecule has 2 bridgehead atoms. The van der Waals surface area contributed by atoms with Crippen molar-refractivity contribution in [2.24, 2.45) is 0 Å². The molecule has 3 fully saturated rings. The normalized spacial score (nSPS) is 29.1. The van der Waals surface area contributed by atoms with Gasteiger partial charge in [0.1, 0.15) is 5.69 Å². The third kappa shape index (κ3) is 2.50. The summed E-state index contributed by atoms with van der Waals surface area (Å²) in [6, 6.07) is 3.84. The Bertz CT molecular complexity index is 769. The fourth-order valence-corrected chi connectivity index (χ4v) is 4.69. The first-order valence-corrected chi connectivity index (χ1v) is 9.35. The number of thiophene rings is 1. The summed E-state index contributed by atoms with van der Waals surface area (Å²) >= 11 is 1.68. The Morgan fingerprint density at radius 2 is 2.22 bits per heavy atom. The van der Waals surface area contributed by atoms with Crippen molar-refractivity contribution in [1.29, 1.82) is 0 Å². The number of fused-ring (bicyclic) bond motifs is 3. The Kier molecular flexibility index (Phi) is 3.09. The fourth-order valence-electron chi connectivity index (χ4n) is 3.84. The zero-order chi connectivity index (χ0) is 15.4. The quantitative estimate of drug-likeness (QED) is 0.807. The molecule has 5 rings (SSSR count). The zero-order valence-electron chi connectivity index (χ0n) is 12.8. The molecule has 120 valence electrons. The van der Waals surface area contributed by atoms with E-state index in [0.29, 0.717) is 23.8 Å². The predicted molar refractivity (Wildman–Crippen MR) is 92.1 cm³/mol. The van der Waals surface area contributed by atoms with Crippen LogP contribution in [0.2, 0.25) is 0 Å².